The van der Waals surface area contributed by atoms with Crippen molar-refractivity contribution >= 4 is 11.6 Å². The highest BCUT2D eigenvalue weighted by Gasteiger charge is 2.24. The van der Waals surface area contributed by atoms with E-state index in [0.717, 1.165) is 18.8 Å². The average molecular weight is 337 g/mol. The van der Waals surface area contributed by atoms with Crippen LogP contribution in [-0.4, -0.2) is 72.2 Å². The van der Waals surface area contributed by atoms with Gasteiger partial charge in [0.2, 0.25) is 5.91 Å². The Labute approximate surface area is 143 Å². The highest BCUT2D eigenvalue weighted by molar-refractivity contribution is 5.78. The zero-order valence-electron chi connectivity index (χ0n) is 14.8. The Morgan fingerprint density at radius 2 is 1.75 bits per heavy atom. The fourth-order valence-electron chi connectivity index (χ4n) is 2.94. The van der Waals surface area contributed by atoms with E-state index in [2.05, 4.69) is 4.90 Å². The van der Waals surface area contributed by atoms with Crippen molar-refractivity contribution in [3.8, 4) is 0 Å². The van der Waals surface area contributed by atoms with Gasteiger partial charge in [0.1, 0.15) is 5.82 Å². The van der Waals surface area contributed by atoms with Crippen molar-refractivity contribution in [1.29, 1.82) is 0 Å². The minimum Gasteiger partial charge on any atom is -0.392 e. The molecular formula is C18H28FN3O2. The molecule has 1 unspecified atom stereocenters. The van der Waals surface area contributed by atoms with Gasteiger partial charge in [-0.1, -0.05) is 0 Å². The normalized spacial score (nSPS) is 16.8. The quantitative estimate of drug-likeness (QED) is 0.856. The predicted octanol–water partition coefficient (Wildman–Crippen LogP) is 1.57. The summed E-state index contributed by atoms with van der Waals surface area (Å²) in [5, 5.41) is 9.58. The van der Waals surface area contributed by atoms with Crippen molar-refractivity contribution in [1.82, 2.24) is 9.80 Å². The topological polar surface area (TPSA) is 47.0 Å². The van der Waals surface area contributed by atoms with Crippen LogP contribution in [0.15, 0.2) is 24.3 Å². The fraction of sp³-hybridized carbons (Fsp3) is 0.611. The van der Waals surface area contributed by atoms with E-state index in [9.17, 15) is 14.3 Å². The first-order valence-electron chi connectivity index (χ1n) is 8.57. The zero-order chi connectivity index (χ0) is 17.7. The van der Waals surface area contributed by atoms with Gasteiger partial charge in [-0.05, 0) is 45.0 Å². The Hall–Kier alpha value is -1.66. The summed E-state index contributed by atoms with van der Waals surface area (Å²) in [7, 11) is 0. The summed E-state index contributed by atoms with van der Waals surface area (Å²) in [5.41, 5.74) is 0.987. The van der Waals surface area contributed by atoms with Crippen LogP contribution in [0.25, 0.3) is 0 Å². The van der Waals surface area contributed by atoms with Gasteiger partial charge in [-0.15, -0.1) is 0 Å². The number of halogens is 1. The Bertz CT molecular complexity index is 526. The highest BCUT2D eigenvalue weighted by atomic mass is 19.1. The van der Waals surface area contributed by atoms with Crippen LogP contribution in [0.2, 0.25) is 0 Å². The van der Waals surface area contributed by atoms with Crippen LogP contribution in [0.4, 0.5) is 10.1 Å². The summed E-state index contributed by atoms with van der Waals surface area (Å²) in [6.45, 7) is 9.45. The van der Waals surface area contributed by atoms with E-state index in [1.165, 1.54) is 12.1 Å². The lowest BCUT2D eigenvalue weighted by Crippen LogP contribution is -2.52. The number of carbonyl (C=O) groups is 1. The van der Waals surface area contributed by atoms with Gasteiger partial charge in [0, 0.05) is 44.5 Å². The average Bonchev–Trinajstić information content (AvgIpc) is 2.54. The molecule has 1 saturated heterocycles. The number of hydrogen-bond acceptors (Lipinski definition) is 4. The van der Waals surface area contributed by atoms with Gasteiger partial charge in [-0.3, -0.25) is 9.69 Å². The van der Waals surface area contributed by atoms with E-state index >= 15 is 0 Å². The van der Waals surface area contributed by atoms with Gasteiger partial charge in [0.25, 0.3) is 0 Å². The molecule has 0 saturated carbocycles. The van der Waals surface area contributed by atoms with Gasteiger partial charge in [-0.25, -0.2) is 4.39 Å². The smallest absolute Gasteiger partial charge is 0.236 e. The third-order valence-electron chi connectivity index (χ3n) is 4.39. The van der Waals surface area contributed by atoms with Crippen LogP contribution in [0.5, 0.6) is 0 Å². The molecule has 0 aliphatic carbocycles. The summed E-state index contributed by atoms with van der Waals surface area (Å²) < 4.78 is 13.0. The number of piperazine rings is 1. The Kier molecular flexibility index (Phi) is 6.57. The van der Waals surface area contributed by atoms with E-state index in [4.69, 9.17) is 0 Å². The summed E-state index contributed by atoms with van der Waals surface area (Å²) in [4.78, 5) is 18.6. The molecule has 0 bridgehead atoms. The van der Waals surface area contributed by atoms with Crippen LogP contribution in [0.1, 0.15) is 20.8 Å². The van der Waals surface area contributed by atoms with Crippen molar-refractivity contribution in [3.63, 3.8) is 0 Å². The molecular weight excluding hydrogens is 309 g/mol. The Morgan fingerprint density at radius 3 is 2.25 bits per heavy atom. The van der Waals surface area contributed by atoms with E-state index in [1.54, 1.807) is 19.1 Å². The lowest BCUT2D eigenvalue weighted by molar-refractivity contribution is -0.133. The highest BCUT2D eigenvalue weighted by Crippen LogP contribution is 2.17. The maximum absolute atomic E-state index is 13.0. The fourth-order valence-corrected chi connectivity index (χ4v) is 2.94. The number of hydrogen-bond donors (Lipinski definition) is 1. The zero-order valence-corrected chi connectivity index (χ0v) is 14.8. The number of carbonyl (C=O) groups excluding carboxylic acids is 1. The van der Waals surface area contributed by atoms with E-state index < -0.39 is 6.10 Å². The molecule has 1 aromatic carbocycles. The standard InChI is InChI=1S/C18H28FN3O2/c1-14(2)22(12-15(3)23)13-18(24)21-10-8-20(9-11-21)17-6-4-16(19)5-7-17/h4-7,14-15,23H,8-13H2,1-3H3. The molecule has 0 spiro atoms. The lowest BCUT2D eigenvalue weighted by Gasteiger charge is -2.37. The largest absolute Gasteiger partial charge is 0.392 e. The van der Waals surface area contributed by atoms with Gasteiger partial charge in [-0.2, -0.15) is 0 Å². The molecule has 0 aromatic heterocycles. The van der Waals surface area contributed by atoms with Crippen LogP contribution >= 0.6 is 0 Å². The Morgan fingerprint density at radius 1 is 1.17 bits per heavy atom. The molecule has 1 heterocycles. The number of aliphatic hydroxyl groups is 1. The molecule has 1 fully saturated rings. The third kappa shape index (κ3) is 5.18. The summed E-state index contributed by atoms with van der Waals surface area (Å²) in [5.74, 6) is -0.137. The van der Waals surface area contributed by atoms with Crippen LogP contribution in [-0.2, 0) is 4.79 Å². The van der Waals surface area contributed by atoms with Crippen LogP contribution in [0.3, 0.4) is 0 Å². The second-order valence-corrected chi connectivity index (χ2v) is 6.72. The SMILES string of the molecule is CC(O)CN(CC(=O)N1CCN(c2ccc(F)cc2)CC1)C(C)C. The lowest BCUT2D eigenvalue weighted by atomic mass is 10.2. The van der Waals surface area contributed by atoms with Gasteiger partial charge < -0.3 is 14.9 Å². The molecule has 1 atom stereocenters. The van der Waals surface area contributed by atoms with E-state index in [0.29, 0.717) is 26.2 Å². The minimum absolute atomic E-state index is 0.100. The molecule has 1 aromatic rings. The number of amides is 1. The second-order valence-electron chi connectivity index (χ2n) is 6.72. The molecule has 2 rings (SSSR count). The van der Waals surface area contributed by atoms with Crippen molar-refractivity contribution in [2.24, 2.45) is 0 Å². The Balaban J connectivity index is 1.86. The molecule has 0 radical (unpaired) electrons. The number of anilines is 1. The maximum atomic E-state index is 13.0. The van der Waals surface area contributed by atoms with E-state index in [1.807, 2.05) is 23.6 Å². The van der Waals surface area contributed by atoms with Crippen LogP contribution < -0.4 is 4.90 Å². The van der Waals surface area contributed by atoms with Gasteiger partial charge >= 0.3 is 0 Å². The van der Waals surface area contributed by atoms with Crippen LogP contribution in [0, 0.1) is 5.82 Å². The van der Waals surface area contributed by atoms with Crippen molar-refractivity contribution in [2.45, 2.75) is 32.9 Å². The maximum Gasteiger partial charge on any atom is 0.236 e. The molecule has 1 aliphatic heterocycles. The van der Waals surface area contributed by atoms with Crippen molar-refractivity contribution < 1.29 is 14.3 Å². The third-order valence-corrected chi connectivity index (χ3v) is 4.39. The summed E-state index contributed by atoms with van der Waals surface area (Å²) >= 11 is 0. The van der Waals surface area contributed by atoms with Gasteiger partial charge in [0.15, 0.2) is 0 Å². The molecule has 1 N–H and O–H groups in total. The molecule has 5 nitrogen and oxygen atoms in total. The van der Waals surface area contributed by atoms with Crippen molar-refractivity contribution in [2.75, 3.05) is 44.2 Å². The monoisotopic (exact) mass is 337 g/mol. The van der Waals surface area contributed by atoms with Gasteiger partial charge in [0.05, 0.1) is 12.6 Å². The molecule has 134 valence electrons. The van der Waals surface area contributed by atoms with Crippen molar-refractivity contribution in [3.05, 3.63) is 30.1 Å². The summed E-state index contributed by atoms with van der Waals surface area (Å²) in [6, 6.07) is 6.68. The number of benzene rings is 1. The number of aliphatic hydroxyl groups excluding tert-OH is 1. The first-order valence-corrected chi connectivity index (χ1v) is 8.57. The minimum atomic E-state index is -0.449. The second kappa shape index (κ2) is 8.44. The molecule has 6 heteroatoms. The number of nitrogens with zero attached hydrogens (tertiary/aromatic N) is 3. The first kappa shape index (κ1) is 18.7. The molecule has 1 amide bonds. The number of rotatable bonds is 6. The van der Waals surface area contributed by atoms with E-state index in [-0.39, 0.29) is 17.8 Å². The first-order chi connectivity index (χ1) is 11.4. The predicted molar refractivity (Wildman–Crippen MR) is 93.6 cm³/mol. The molecule has 1 aliphatic rings. The molecule has 24 heavy (non-hydrogen) atoms. The summed E-state index contributed by atoms with van der Waals surface area (Å²) in [6.07, 6.45) is -0.449.